The Morgan fingerprint density at radius 3 is 2.12 bits per heavy atom. The van der Waals surface area contributed by atoms with Gasteiger partial charge in [0.15, 0.2) is 11.9 Å². The molecular formula is C24H20O2. The van der Waals surface area contributed by atoms with Crippen molar-refractivity contribution in [2.45, 2.75) is 20.0 Å². The normalized spacial score (nSPS) is 17.7. The molecular weight excluding hydrogens is 320 g/mol. The molecule has 0 unspecified atom stereocenters. The molecule has 0 aromatic heterocycles. The van der Waals surface area contributed by atoms with Gasteiger partial charge in [-0.3, -0.25) is 4.79 Å². The van der Waals surface area contributed by atoms with Crippen molar-refractivity contribution in [3.05, 3.63) is 106 Å². The number of carbonyl (C=O) groups excluding carboxylic acids is 1. The van der Waals surface area contributed by atoms with Crippen molar-refractivity contribution in [3.8, 4) is 5.75 Å². The average Bonchev–Trinajstić information content (AvgIpc) is 2.66. The Labute approximate surface area is 153 Å². The van der Waals surface area contributed by atoms with E-state index in [1.54, 1.807) is 0 Å². The zero-order valence-electron chi connectivity index (χ0n) is 14.9. The summed E-state index contributed by atoms with van der Waals surface area (Å²) in [6.45, 7) is 4.10. The van der Waals surface area contributed by atoms with E-state index in [0.717, 1.165) is 11.1 Å². The van der Waals surface area contributed by atoms with Gasteiger partial charge >= 0.3 is 0 Å². The average molecular weight is 340 g/mol. The Bertz CT molecular complexity index is 979. The Hall–Kier alpha value is -3.13. The predicted octanol–water partition coefficient (Wildman–Crippen LogP) is 5.70. The van der Waals surface area contributed by atoms with E-state index in [1.165, 1.54) is 11.1 Å². The van der Waals surface area contributed by atoms with E-state index in [0.29, 0.717) is 16.9 Å². The molecule has 0 saturated carbocycles. The lowest BCUT2D eigenvalue weighted by Crippen LogP contribution is -2.23. The van der Waals surface area contributed by atoms with Crippen LogP contribution in [-0.2, 0) is 0 Å². The summed E-state index contributed by atoms with van der Waals surface area (Å²) in [6.07, 6.45) is 1.54. The minimum Gasteiger partial charge on any atom is -0.480 e. The SMILES string of the molecule is Cc1ccc(/C=C2\C(=O)c3ccccc3O[C@H]2c2ccc(C)cc2)cc1. The second-order valence-electron chi connectivity index (χ2n) is 6.74. The van der Waals surface area contributed by atoms with Gasteiger partial charge in [-0.05, 0) is 43.2 Å². The second kappa shape index (κ2) is 6.64. The first kappa shape index (κ1) is 16.3. The van der Waals surface area contributed by atoms with Gasteiger partial charge in [-0.2, -0.15) is 0 Å². The first-order valence-corrected chi connectivity index (χ1v) is 8.77. The van der Waals surface area contributed by atoms with Gasteiger partial charge < -0.3 is 4.74 Å². The summed E-state index contributed by atoms with van der Waals surface area (Å²) in [6, 6.07) is 23.8. The van der Waals surface area contributed by atoms with Crippen LogP contribution in [0.5, 0.6) is 5.75 Å². The lowest BCUT2D eigenvalue weighted by molar-refractivity contribution is 0.0963. The summed E-state index contributed by atoms with van der Waals surface area (Å²) < 4.78 is 6.25. The molecule has 128 valence electrons. The van der Waals surface area contributed by atoms with Crippen LogP contribution in [0.4, 0.5) is 0 Å². The van der Waals surface area contributed by atoms with Crippen LogP contribution in [0.2, 0.25) is 0 Å². The molecule has 26 heavy (non-hydrogen) atoms. The van der Waals surface area contributed by atoms with E-state index in [2.05, 4.69) is 26.0 Å². The number of carbonyl (C=O) groups is 1. The van der Waals surface area contributed by atoms with Crippen LogP contribution < -0.4 is 4.74 Å². The molecule has 2 nitrogen and oxygen atoms in total. The quantitative estimate of drug-likeness (QED) is 0.559. The predicted molar refractivity (Wildman–Crippen MR) is 104 cm³/mol. The number of benzene rings is 3. The summed E-state index contributed by atoms with van der Waals surface area (Å²) in [4.78, 5) is 13.2. The fourth-order valence-electron chi connectivity index (χ4n) is 3.19. The van der Waals surface area contributed by atoms with Crippen LogP contribution >= 0.6 is 0 Å². The Morgan fingerprint density at radius 1 is 0.808 bits per heavy atom. The minimum atomic E-state index is -0.403. The third-order valence-corrected chi connectivity index (χ3v) is 4.70. The maximum Gasteiger partial charge on any atom is 0.196 e. The monoisotopic (exact) mass is 340 g/mol. The second-order valence-corrected chi connectivity index (χ2v) is 6.74. The minimum absolute atomic E-state index is 0.0259. The zero-order valence-corrected chi connectivity index (χ0v) is 14.9. The number of ether oxygens (including phenoxy) is 1. The number of rotatable bonds is 2. The molecule has 0 bridgehead atoms. The molecule has 0 amide bonds. The molecule has 3 aromatic rings. The van der Waals surface area contributed by atoms with Crippen molar-refractivity contribution < 1.29 is 9.53 Å². The third-order valence-electron chi connectivity index (χ3n) is 4.70. The van der Waals surface area contributed by atoms with E-state index in [1.807, 2.05) is 66.7 Å². The standard InChI is InChI=1S/C24H20O2/c1-16-7-11-18(12-8-16)15-21-23(25)20-5-3-4-6-22(20)26-24(21)19-13-9-17(2)10-14-19/h3-15,24H,1-2H3/b21-15+/t24-/m0/s1. The first-order chi connectivity index (χ1) is 12.6. The number of hydrogen-bond acceptors (Lipinski definition) is 2. The molecule has 3 aromatic carbocycles. The van der Waals surface area contributed by atoms with E-state index in [-0.39, 0.29) is 5.78 Å². The van der Waals surface area contributed by atoms with E-state index in [9.17, 15) is 4.79 Å². The van der Waals surface area contributed by atoms with Crippen LogP contribution in [0.1, 0.15) is 38.7 Å². The molecule has 4 rings (SSSR count). The summed E-state index contributed by atoms with van der Waals surface area (Å²) in [5.74, 6) is 0.669. The van der Waals surface area contributed by atoms with Gasteiger partial charge in [0, 0.05) is 5.57 Å². The molecule has 2 heteroatoms. The maximum atomic E-state index is 13.2. The molecule has 0 radical (unpaired) electrons. The fraction of sp³-hybridized carbons (Fsp3) is 0.125. The van der Waals surface area contributed by atoms with Crippen molar-refractivity contribution in [1.82, 2.24) is 0 Å². The van der Waals surface area contributed by atoms with E-state index in [4.69, 9.17) is 4.74 Å². The highest BCUT2D eigenvalue weighted by Crippen LogP contribution is 2.39. The summed E-state index contributed by atoms with van der Waals surface area (Å²) >= 11 is 0. The molecule has 0 saturated heterocycles. The summed E-state index contributed by atoms with van der Waals surface area (Å²) in [7, 11) is 0. The Balaban J connectivity index is 1.84. The van der Waals surface area contributed by atoms with Crippen LogP contribution in [0, 0.1) is 13.8 Å². The van der Waals surface area contributed by atoms with Gasteiger partial charge in [-0.1, -0.05) is 71.8 Å². The highest BCUT2D eigenvalue weighted by Gasteiger charge is 2.32. The van der Waals surface area contributed by atoms with Gasteiger partial charge in [0.2, 0.25) is 0 Å². The van der Waals surface area contributed by atoms with Gasteiger partial charge in [0.25, 0.3) is 0 Å². The van der Waals surface area contributed by atoms with E-state index < -0.39 is 6.10 Å². The van der Waals surface area contributed by atoms with Crippen LogP contribution in [0.3, 0.4) is 0 Å². The Morgan fingerprint density at radius 2 is 1.42 bits per heavy atom. The number of hydrogen-bond donors (Lipinski definition) is 0. The number of Topliss-reactive ketones (excluding diaryl/α,β-unsaturated/α-hetero) is 1. The van der Waals surface area contributed by atoms with Gasteiger partial charge in [0.05, 0.1) is 5.56 Å². The lowest BCUT2D eigenvalue weighted by Gasteiger charge is -2.28. The van der Waals surface area contributed by atoms with Crippen LogP contribution in [0.25, 0.3) is 6.08 Å². The van der Waals surface area contributed by atoms with Crippen molar-refractivity contribution in [2.75, 3.05) is 0 Å². The molecule has 0 N–H and O–H groups in total. The highest BCUT2D eigenvalue weighted by atomic mass is 16.5. The molecule has 0 spiro atoms. The van der Waals surface area contributed by atoms with Gasteiger partial charge in [0.1, 0.15) is 5.75 Å². The van der Waals surface area contributed by atoms with Crippen LogP contribution in [0.15, 0.2) is 78.4 Å². The number of fused-ring (bicyclic) bond motifs is 1. The smallest absolute Gasteiger partial charge is 0.196 e. The lowest BCUT2D eigenvalue weighted by atomic mass is 9.89. The Kier molecular flexibility index (Phi) is 4.18. The summed E-state index contributed by atoms with van der Waals surface area (Å²) in [5, 5.41) is 0. The molecule has 1 heterocycles. The van der Waals surface area contributed by atoms with Crippen LogP contribution in [-0.4, -0.2) is 5.78 Å². The first-order valence-electron chi connectivity index (χ1n) is 8.77. The summed E-state index contributed by atoms with van der Waals surface area (Å²) in [5.41, 5.74) is 5.64. The third kappa shape index (κ3) is 3.06. The van der Waals surface area contributed by atoms with E-state index >= 15 is 0 Å². The number of ketones is 1. The molecule has 0 fully saturated rings. The van der Waals surface area contributed by atoms with Gasteiger partial charge in [-0.15, -0.1) is 0 Å². The number of aryl methyl sites for hydroxylation is 2. The fourth-order valence-corrected chi connectivity index (χ4v) is 3.19. The van der Waals surface area contributed by atoms with Gasteiger partial charge in [-0.25, -0.2) is 0 Å². The highest BCUT2D eigenvalue weighted by molar-refractivity contribution is 6.14. The number of para-hydroxylation sites is 1. The van der Waals surface area contributed by atoms with Crippen molar-refractivity contribution in [3.63, 3.8) is 0 Å². The zero-order chi connectivity index (χ0) is 18.1. The largest absolute Gasteiger partial charge is 0.480 e. The van der Waals surface area contributed by atoms with Crippen molar-refractivity contribution in [1.29, 1.82) is 0 Å². The molecule has 1 atom stereocenters. The maximum absolute atomic E-state index is 13.2. The topological polar surface area (TPSA) is 26.3 Å². The molecule has 1 aliphatic heterocycles. The molecule has 0 aliphatic carbocycles. The molecule has 1 aliphatic rings. The van der Waals surface area contributed by atoms with Crippen molar-refractivity contribution >= 4 is 11.9 Å². The van der Waals surface area contributed by atoms with Crippen molar-refractivity contribution in [2.24, 2.45) is 0 Å².